The van der Waals surface area contributed by atoms with Crippen LogP contribution in [0.2, 0.25) is 0 Å². The van der Waals surface area contributed by atoms with Gasteiger partial charge in [0.25, 0.3) is 0 Å². The topological polar surface area (TPSA) is 49.8 Å². The summed E-state index contributed by atoms with van der Waals surface area (Å²) in [5, 5.41) is 9.49. The molecule has 1 heterocycles. The van der Waals surface area contributed by atoms with E-state index in [0.717, 1.165) is 24.9 Å². The first-order valence-electron chi connectivity index (χ1n) is 6.87. The van der Waals surface area contributed by atoms with Gasteiger partial charge in [0.05, 0.1) is 0 Å². The van der Waals surface area contributed by atoms with E-state index in [9.17, 15) is 9.90 Å². The zero-order valence-corrected chi connectivity index (χ0v) is 11.4. The third-order valence-electron chi connectivity index (χ3n) is 3.44. The first-order chi connectivity index (χ1) is 9.20. The summed E-state index contributed by atoms with van der Waals surface area (Å²) < 4.78 is 5.24. The first kappa shape index (κ1) is 13.9. The maximum atomic E-state index is 12.1. The van der Waals surface area contributed by atoms with Crippen LogP contribution < -0.4 is 0 Å². The molecule has 0 radical (unpaired) electrons. The van der Waals surface area contributed by atoms with Crippen LogP contribution in [0.3, 0.4) is 0 Å². The highest BCUT2D eigenvalue weighted by Gasteiger charge is 2.20. The number of phenols is 1. The summed E-state index contributed by atoms with van der Waals surface area (Å²) in [7, 11) is 0. The van der Waals surface area contributed by atoms with Gasteiger partial charge in [0.2, 0.25) is 5.91 Å². The Hall–Kier alpha value is -1.55. The second-order valence-electron chi connectivity index (χ2n) is 4.82. The largest absolute Gasteiger partial charge is 0.508 e. The standard InChI is InChI=1S/C15H21NO3/c1-2-19-9-3-4-15(18)16-8-7-12-5-6-14(17)10-13(12)11-16/h5-6,10,17H,2-4,7-9,11H2,1H3. The summed E-state index contributed by atoms with van der Waals surface area (Å²) in [5.74, 6) is 0.443. The van der Waals surface area contributed by atoms with Crippen LogP contribution in [0, 0.1) is 0 Å². The number of benzene rings is 1. The molecule has 1 amide bonds. The fourth-order valence-corrected chi connectivity index (χ4v) is 2.38. The molecule has 0 fully saturated rings. The molecule has 0 aliphatic carbocycles. The molecule has 1 aliphatic heterocycles. The molecule has 1 aromatic carbocycles. The molecule has 1 N–H and O–H groups in total. The SMILES string of the molecule is CCOCCCC(=O)N1CCc2ccc(O)cc2C1. The number of fused-ring (bicyclic) bond motifs is 1. The van der Waals surface area contributed by atoms with E-state index < -0.39 is 0 Å². The van der Waals surface area contributed by atoms with Crippen molar-refractivity contribution in [2.24, 2.45) is 0 Å². The van der Waals surface area contributed by atoms with Gasteiger partial charge in [0.15, 0.2) is 0 Å². The number of nitrogens with zero attached hydrogens (tertiary/aromatic N) is 1. The molecule has 2 rings (SSSR count). The molecule has 0 saturated heterocycles. The zero-order chi connectivity index (χ0) is 13.7. The van der Waals surface area contributed by atoms with Crippen molar-refractivity contribution in [3.8, 4) is 5.75 Å². The van der Waals surface area contributed by atoms with Gasteiger partial charge in [-0.05, 0) is 43.0 Å². The molecular formula is C15H21NO3. The van der Waals surface area contributed by atoms with Crippen molar-refractivity contribution in [2.75, 3.05) is 19.8 Å². The van der Waals surface area contributed by atoms with Crippen molar-refractivity contribution >= 4 is 5.91 Å². The van der Waals surface area contributed by atoms with Crippen molar-refractivity contribution in [3.05, 3.63) is 29.3 Å². The van der Waals surface area contributed by atoms with Gasteiger partial charge in [-0.2, -0.15) is 0 Å². The Balaban J connectivity index is 1.88. The van der Waals surface area contributed by atoms with Gasteiger partial charge in [-0.3, -0.25) is 4.79 Å². The normalized spacial score (nSPS) is 14.3. The molecule has 0 atom stereocenters. The Morgan fingerprint density at radius 1 is 1.42 bits per heavy atom. The number of amides is 1. The molecule has 0 saturated carbocycles. The number of phenolic OH excluding ortho intramolecular Hbond substituents is 1. The zero-order valence-electron chi connectivity index (χ0n) is 11.4. The Morgan fingerprint density at radius 3 is 3.05 bits per heavy atom. The highest BCUT2D eigenvalue weighted by atomic mass is 16.5. The Labute approximate surface area is 114 Å². The quantitative estimate of drug-likeness (QED) is 0.828. The van der Waals surface area contributed by atoms with E-state index in [1.54, 1.807) is 12.1 Å². The third kappa shape index (κ3) is 3.70. The Morgan fingerprint density at radius 2 is 2.26 bits per heavy atom. The number of aromatic hydroxyl groups is 1. The van der Waals surface area contributed by atoms with Crippen LogP contribution in [-0.4, -0.2) is 35.7 Å². The van der Waals surface area contributed by atoms with E-state index >= 15 is 0 Å². The molecular weight excluding hydrogens is 242 g/mol. The van der Waals surface area contributed by atoms with Crippen LogP contribution >= 0.6 is 0 Å². The predicted octanol–water partition coefficient (Wildman–Crippen LogP) is 2.09. The molecule has 0 spiro atoms. The lowest BCUT2D eigenvalue weighted by atomic mass is 9.99. The summed E-state index contributed by atoms with van der Waals surface area (Å²) in [6, 6.07) is 5.41. The van der Waals surface area contributed by atoms with Crippen molar-refractivity contribution < 1.29 is 14.6 Å². The van der Waals surface area contributed by atoms with Gasteiger partial charge >= 0.3 is 0 Å². The second kappa shape index (κ2) is 6.57. The minimum absolute atomic E-state index is 0.175. The predicted molar refractivity (Wildman–Crippen MR) is 73.0 cm³/mol. The van der Waals surface area contributed by atoms with Crippen LogP contribution in [0.1, 0.15) is 30.9 Å². The summed E-state index contributed by atoms with van der Waals surface area (Å²) >= 11 is 0. The molecule has 0 unspecified atom stereocenters. The van der Waals surface area contributed by atoms with E-state index in [-0.39, 0.29) is 11.7 Å². The molecule has 19 heavy (non-hydrogen) atoms. The van der Waals surface area contributed by atoms with Crippen LogP contribution in [0.25, 0.3) is 0 Å². The lowest BCUT2D eigenvalue weighted by Gasteiger charge is -2.29. The minimum Gasteiger partial charge on any atom is -0.508 e. The minimum atomic E-state index is 0.175. The van der Waals surface area contributed by atoms with Crippen molar-refractivity contribution in [1.82, 2.24) is 4.90 Å². The maximum Gasteiger partial charge on any atom is 0.222 e. The van der Waals surface area contributed by atoms with Crippen molar-refractivity contribution in [3.63, 3.8) is 0 Å². The summed E-state index contributed by atoms with van der Waals surface area (Å²) in [5.41, 5.74) is 2.29. The highest BCUT2D eigenvalue weighted by molar-refractivity contribution is 5.76. The second-order valence-corrected chi connectivity index (χ2v) is 4.82. The molecule has 1 aliphatic rings. The fraction of sp³-hybridized carbons (Fsp3) is 0.533. The van der Waals surface area contributed by atoms with Gasteiger partial charge in [0.1, 0.15) is 5.75 Å². The van der Waals surface area contributed by atoms with Crippen molar-refractivity contribution in [1.29, 1.82) is 0 Å². The van der Waals surface area contributed by atoms with Crippen LogP contribution in [0.15, 0.2) is 18.2 Å². The number of carbonyl (C=O) groups is 1. The van der Waals surface area contributed by atoms with E-state index in [1.165, 1.54) is 5.56 Å². The molecule has 4 nitrogen and oxygen atoms in total. The van der Waals surface area contributed by atoms with Crippen LogP contribution in [0.5, 0.6) is 5.75 Å². The van der Waals surface area contributed by atoms with Gasteiger partial charge in [-0.1, -0.05) is 6.07 Å². The summed E-state index contributed by atoms with van der Waals surface area (Å²) in [6.07, 6.45) is 2.18. The van der Waals surface area contributed by atoms with Gasteiger partial charge in [-0.25, -0.2) is 0 Å². The van der Waals surface area contributed by atoms with E-state index in [2.05, 4.69) is 0 Å². The third-order valence-corrected chi connectivity index (χ3v) is 3.44. The molecule has 104 valence electrons. The average Bonchev–Trinajstić information content (AvgIpc) is 2.42. The van der Waals surface area contributed by atoms with Gasteiger partial charge in [0, 0.05) is 32.7 Å². The smallest absolute Gasteiger partial charge is 0.222 e. The van der Waals surface area contributed by atoms with Crippen LogP contribution in [-0.2, 0) is 22.5 Å². The summed E-state index contributed by atoms with van der Waals surface area (Å²) in [6.45, 7) is 4.68. The maximum absolute atomic E-state index is 12.1. The number of hydrogen-bond donors (Lipinski definition) is 1. The van der Waals surface area contributed by atoms with Crippen molar-refractivity contribution in [2.45, 2.75) is 32.7 Å². The number of carbonyl (C=O) groups excluding carboxylic acids is 1. The lowest BCUT2D eigenvalue weighted by Crippen LogP contribution is -2.35. The fourth-order valence-electron chi connectivity index (χ4n) is 2.38. The molecule has 0 aromatic heterocycles. The lowest BCUT2D eigenvalue weighted by molar-refractivity contribution is -0.132. The monoisotopic (exact) mass is 263 g/mol. The Kier molecular flexibility index (Phi) is 4.80. The summed E-state index contributed by atoms with van der Waals surface area (Å²) in [4.78, 5) is 13.9. The van der Waals surface area contributed by atoms with E-state index in [0.29, 0.717) is 26.2 Å². The first-order valence-corrected chi connectivity index (χ1v) is 6.87. The molecule has 1 aromatic rings. The molecule has 0 bridgehead atoms. The van der Waals surface area contributed by atoms with Crippen LogP contribution in [0.4, 0.5) is 0 Å². The van der Waals surface area contributed by atoms with E-state index in [4.69, 9.17) is 4.74 Å². The van der Waals surface area contributed by atoms with Gasteiger partial charge < -0.3 is 14.7 Å². The van der Waals surface area contributed by atoms with Gasteiger partial charge in [-0.15, -0.1) is 0 Å². The number of rotatable bonds is 5. The van der Waals surface area contributed by atoms with E-state index in [1.807, 2.05) is 17.9 Å². The Bertz CT molecular complexity index is 445. The number of ether oxygens (including phenoxy) is 1. The average molecular weight is 263 g/mol. The number of hydrogen-bond acceptors (Lipinski definition) is 3. The highest BCUT2D eigenvalue weighted by Crippen LogP contribution is 2.23. The molecule has 4 heteroatoms.